The van der Waals surface area contributed by atoms with Gasteiger partial charge in [0.1, 0.15) is 12.1 Å². The van der Waals surface area contributed by atoms with Gasteiger partial charge in [0.25, 0.3) is 0 Å². The van der Waals surface area contributed by atoms with Gasteiger partial charge in [0.05, 0.1) is 11.6 Å². The SMILES string of the molecule is CN=C(NCCNc1ncnc2c1cnn2C)NCC(C)Sc1ccccc1.I. The fourth-order valence-electron chi connectivity index (χ4n) is 2.70. The van der Waals surface area contributed by atoms with Crippen molar-refractivity contribution in [1.29, 1.82) is 0 Å². The molecule has 0 saturated heterocycles. The highest BCUT2D eigenvalue weighted by Gasteiger charge is 2.08. The molecule has 3 N–H and O–H groups in total. The van der Waals surface area contributed by atoms with E-state index in [4.69, 9.17) is 0 Å². The third-order valence-corrected chi connectivity index (χ3v) is 5.21. The fraction of sp³-hybridized carbons (Fsp3) is 0.368. The van der Waals surface area contributed by atoms with E-state index in [1.54, 1.807) is 24.3 Å². The lowest BCUT2D eigenvalue weighted by molar-refractivity contribution is 0.785. The zero-order valence-electron chi connectivity index (χ0n) is 16.8. The molecule has 0 bridgehead atoms. The van der Waals surface area contributed by atoms with Crippen LogP contribution in [0.5, 0.6) is 0 Å². The van der Waals surface area contributed by atoms with Crippen molar-refractivity contribution in [2.45, 2.75) is 17.1 Å². The number of nitrogens with one attached hydrogen (secondary N) is 3. The molecular weight excluding hydrogens is 499 g/mol. The predicted octanol–water partition coefficient (Wildman–Crippen LogP) is 2.74. The maximum Gasteiger partial charge on any atom is 0.191 e. The minimum atomic E-state index is 0. The zero-order chi connectivity index (χ0) is 19.8. The Labute approximate surface area is 192 Å². The maximum atomic E-state index is 4.30. The molecule has 0 saturated carbocycles. The summed E-state index contributed by atoms with van der Waals surface area (Å²) in [5, 5.41) is 15.6. The summed E-state index contributed by atoms with van der Waals surface area (Å²) in [6.45, 7) is 4.45. The Morgan fingerprint density at radius 1 is 1.17 bits per heavy atom. The smallest absolute Gasteiger partial charge is 0.191 e. The summed E-state index contributed by atoms with van der Waals surface area (Å²) in [5.74, 6) is 1.58. The van der Waals surface area contributed by atoms with E-state index in [0.29, 0.717) is 18.3 Å². The Bertz CT molecular complexity index is 915. The molecule has 10 heteroatoms. The molecule has 0 amide bonds. The standard InChI is InChI=1S/C19H26N8S.HI/c1-14(28-15-7-5-4-6-8-15)11-23-19(20-2)22-10-9-21-17-16-12-26-27(3)18(16)25-13-24-17;/h4-8,12-14H,9-11H2,1-3H3,(H2,20,22,23)(H,21,24,25);1H. The lowest BCUT2D eigenvalue weighted by Gasteiger charge is -2.16. The van der Waals surface area contributed by atoms with E-state index in [9.17, 15) is 0 Å². The van der Waals surface area contributed by atoms with Gasteiger partial charge in [-0.05, 0) is 12.1 Å². The number of halogens is 1. The number of aliphatic imine (C=N–C) groups is 1. The first-order chi connectivity index (χ1) is 13.7. The van der Waals surface area contributed by atoms with Crippen molar-refractivity contribution in [2.24, 2.45) is 12.0 Å². The lowest BCUT2D eigenvalue weighted by atomic mass is 10.4. The molecule has 8 nitrogen and oxygen atoms in total. The molecule has 0 aliphatic heterocycles. The molecule has 0 aliphatic rings. The van der Waals surface area contributed by atoms with Crippen LogP contribution in [0.2, 0.25) is 0 Å². The number of benzene rings is 1. The van der Waals surface area contributed by atoms with Crippen LogP contribution in [0.1, 0.15) is 6.92 Å². The predicted molar refractivity (Wildman–Crippen MR) is 131 cm³/mol. The van der Waals surface area contributed by atoms with Crippen LogP contribution < -0.4 is 16.0 Å². The first-order valence-corrected chi connectivity index (χ1v) is 10.1. The van der Waals surface area contributed by atoms with Crippen molar-refractivity contribution in [3.63, 3.8) is 0 Å². The molecule has 2 heterocycles. The summed E-state index contributed by atoms with van der Waals surface area (Å²) >= 11 is 1.85. The summed E-state index contributed by atoms with van der Waals surface area (Å²) in [4.78, 5) is 14.1. The molecule has 0 radical (unpaired) electrons. The van der Waals surface area contributed by atoms with E-state index < -0.39 is 0 Å². The van der Waals surface area contributed by atoms with Gasteiger partial charge in [-0.2, -0.15) is 5.10 Å². The minimum absolute atomic E-state index is 0. The molecule has 29 heavy (non-hydrogen) atoms. The third-order valence-electron chi connectivity index (χ3n) is 4.10. The van der Waals surface area contributed by atoms with Gasteiger partial charge in [-0.15, -0.1) is 35.7 Å². The third kappa shape index (κ3) is 6.74. The fourth-order valence-corrected chi connectivity index (χ4v) is 3.64. The number of guanidine groups is 1. The van der Waals surface area contributed by atoms with E-state index in [-0.39, 0.29) is 24.0 Å². The van der Waals surface area contributed by atoms with Gasteiger partial charge in [-0.3, -0.25) is 9.67 Å². The second-order valence-electron chi connectivity index (χ2n) is 6.28. The van der Waals surface area contributed by atoms with Gasteiger partial charge in [-0.1, -0.05) is 25.1 Å². The average Bonchev–Trinajstić information content (AvgIpc) is 3.10. The van der Waals surface area contributed by atoms with Crippen molar-refractivity contribution in [2.75, 3.05) is 32.0 Å². The Kier molecular flexibility index (Phi) is 9.45. The number of thioether (sulfide) groups is 1. The van der Waals surface area contributed by atoms with Crippen molar-refractivity contribution in [1.82, 2.24) is 30.4 Å². The molecule has 3 aromatic rings. The first kappa shape index (κ1) is 23.2. The summed E-state index contributed by atoms with van der Waals surface area (Å²) in [7, 11) is 3.65. The molecule has 0 fully saturated rings. The summed E-state index contributed by atoms with van der Waals surface area (Å²) in [5.41, 5.74) is 0.813. The molecule has 0 spiro atoms. The highest BCUT2D eigenvalue weighted by atomic mass is 127. The van der Waals surface area contributed by atoms with E-state index in [2.05, 4.69) is 67.2 Å². The number of rotatable bonds is 8. The number of hydrogen-bond acceptors (Lipinski definition) is 6. The van der Waals surface area contributed by atoms with Gasteiger partial charge in [0, 0.05) is 43.9 Å². The van der Waals surface area contributed by atoms with E-state index >= 15 is 0 Å². The van der Waals surface area contributed by atoms with E-state index in [1.807, 2.05) is 24.9 Å². The molecule has 0 aliphatic carbocycles. The van der Waals surface area contributed by atoms with Crippen LogP contribution in [0.15, 0.2) is 52.7 Å². The second kappa shape index (κ2) is 11.8. The Morgan fingerprint density at radius 2 is 1.97 bits per heavy atom. The van der Waals surface area contributed by atoms with Crippen LogP contribution in [0, 0.1) is 0 Å². The number of aryl methyl sites for hydroxylation is 1. The van der Waals surface area contributed by atoms with Crippen molar-refractivity contribution in [3.05, 3.63) is 42.9 Å². The Morgan fingerprint density at radius 3 is 2.72 bits per heavy atom. The normalized spacial score (nSPS) is 12.3. The van der Waals surface area contributed by atoms with Gasteiger partial charge in [0.15, 0.2) is 11.6 Å². The van der Waals surface area contributed by atoms with E-state index in [1.165, 1.54) is 4.90 Å². The highest BCUT2D eigenvalue weighted by Crippen LogP contribution is 2.21. The summed E-state index contributed by atoms with van der Waals surface area (Å²) in [6, 6.07) is 10.4. The Hall–Kier alpha value is -2.08. The van der Waals surface area contributed by atoms with Crippen molar-refractivity contribution >= 4 is 58.5 Å². The number of aromatic nitrogens is 4. The number of hydrogen-bond donors (Lipinski definition) is 3. The molecular formula is C19H27IN8S. The lowest BCUT2D eigenvalue weighted by Crippen LogP contribution is -2.41. The number of fused-ring (bicyclic) bond motifs is 1. The molecule has 3 rings (SSSR count). The average molecular weight is 526 g/mol. The summed E-state index contributed by atoms with van der Waals surface area (Å²) in [6.07, 6.45) is 3.32. The molecule has 1 atom stereocenters. The minimum Gasteiger partial charge on any atom is -0.368 e. The molecule has 156 valence electrons. The van der Waals surface area contributed by atoms with Crippen molar-refractivity contribution in [3.8, 4) is 0 Å². The molecule has 1 unspecified atom stereocenters. The number of anilines is 1. The van der Waals surface area contributed by atoms with Gasteiger partial charge < -0.3 is 16.0 Å². The quantitative estimate of drug-likeness (QED) is 0.137. The largest absolute Gasteiger partial charge is 0.368 e. The van der Waals surface area contributed by atoms with Crippen molar-refractivity contribution < 1.29 is 0 Å². The maximum absolute atomic E-state index is 4.30. The van der Waals surface area contributed by atoms with Gasteiger partial charge in [0.2, 0.25) is 0 Å². The summed E-state index contributed by atoms with van der Waals surface area (Å²) < 4.78 is 1.74. The monoisotopic (exact) mass is 526 g/mol. The zero-order valence-corrected chi connectivity index (χ0v) is 19.9. The highest BCUT2D eigenvalue weighted by molar-refractivity contribution is 14.0. The van der Waals surface area contributed by atoms with Gasteiger partial charge >= 0.3 is 0 Å². The van der Waals surface area contributed by atoms with Gasteiger partial charge in [-0.25, -0.2) is 9.97 Å². The van der Waals surface area contributed by atoms with E-state index in [0.717, 1.165) is 29.4 Å². The van der Waals surface area contributed by atoms with Crippen LogP contribution >= 0.6 is 35.7 Å². The molecule has 1 aromatic carbocycles. The second-order valence-corrected chi connectivity index (χ2v) is 7.79. The van der Waals surface area contributed by atoms with Crippen LogP contribution in [0.3, 0.4) is 0 Å². The topological polar surface area (TPSA) is 92.1 Å². The van der Waals surface area contributed by atoms with Crippen LogP contribution in [-0.2, 0) is 7.05 Å². The Balaban J connectivity index is 0.00000300. The van der Waals surface area contributed by atoms with Crippen LogP contribution in [0.25, 0.3) is 11.0 Å². The van der Waals surface area contributed by atoms with Crippen LogP contribution in [0.4, 0.5) is 5.82 Å². The van der Waals surface area contributed by atoms with Crippen LogP contribution in [-0.4, -0.2) is 57.6 Å². The number of nitrogens with zero attached hydrogens (tertiary/aromatic N) is 5. The molecule has 2 aromatic heterocycles. The first-order valence-electron chi connectivity index (χ1n) is 9.20.